The molecule has 1 amide bonds. The maximum absolute atomic E-state index is 11.8. The Labute approximate surface area is 102 Å². The van der Waals surface area contributed by atoms with E-state index in [1.165, 1.54) is 11.1 Å². The smallest absolute Gasteiger partial charge is 0.220 e. The van der Waals surface area contributed by atoms with Crippen molar-refractivity contribution in [2.75, 3.05) is 6.54 Å². The van der Waals surface area contributed by atoms with Gasteiger partial charge in [-0.15, -0.1) is 0 Å². The van der Waals surface area contributed by atoms with Crippen LogP contribution in [0.3, 0.4) is 0 Å². The number of hydrogen-bond acceptors (Lipinski definition) is 2. The second kappa shape index (κ2) is 5.32. The third-order valence-electron chi connectivity index (χ3n) is 3.40. The van der Waals surface area contributed by atoms with Crippen LogP contribution >= 0.6 is 0 Å². The number of benzene rings is 1. The maximum atomic E-state index is 11.8. The highest BCUT2D eigenvalue weighted by atomic mass is 16.1. The molecule has 0 radical (unpaired) electrons. The molecule has 0 aliphatic heterocycles. The first-order chi connectivity index (χ1) is 8.20. The van der Waals surface area contributed by atoms with Gasteiger partial charge in [0.1, 0.15) is 0 Å². The third-order valence-corrected chi connectivity index (χ3v) is 3.40. The third kappa shape index (κ3) is 2.86. The summed E-state index contributed by atoms with van der Waals surface area (Å²) in [5.41, 5.74) is 8.17. The van der Waals surface area contributed by atoms with Crippen molar-refractivity contribution in [2.24, 2.45) is 11.7 Å². The molecule has 0 saturated carbocycles. The van der Waals surface area contributed by atoms with Crippen LogP contribution in [0, 0.1) is 5.92 Å². The van der Waals surface area contributed by atoms with E-state index >= 15 is 0 Å². The zero-order valence-corrected chi connectivity index (χ0v) is 10.3. The monoisotopic (exact) mass is 232 g/mol. The summed E-state index contributed by atoms with van der Waals surface area (Å²) in [5.74, 6) is 0.372. The van der Waals surface area contributed by atoms with Crippen molar-refractivity contribution in [1.29, 1.82) is 0 Å². The molecule has 1 aromatic rings. The quantitative estimate of drug-likeness (QED) is 0.831. The summed E-state index contributed by atoms with van der Waals surface area (Å²) in [4.78, 5) is 11.8. The van der Waals surface area contributed by atoms with Gasteiger partial charge in [0.05, 0.1) is 6.04 Å². The van der Waals surface area contributed by atoms with Crippen molar-refractivity contribution in [2.45, 2.75) is 32.2 Å². The summed E-state index contributed by atoms with van der Waals surface area (Å²) in [6, 6.07) is 8.54. The molecule has 1 aromatic carbocycles. The van der Waals surface area contributed by atoms with Crippen LogP contribution in [0.4, 0.5) is 0 Å². The molecular formula is C14H20N2O. The molecule has 0 spiro atoms. The highest BCUT2D eigenvalue weighted by Gasteiger charge is 2.23. The van der Waals surface area contributed by atoms with E-state index in [2.05, 4.69) is 23.5 Å². The Balaban J connectivity index is 1.95. The molecule has 0 bridgehead atoms. The molecule has 1 aliphatic carbocycles. The maximum Gasteiger partial charge on any atom is 0.220 e. The van der Waals surface area contributed by atoms with Crippen molar-refractivity contribution in [3.05, 3.63) is 35.4 Å². The predicted octanol–water partition coefficient (Wildman–Crippen LogP) is 1.77. The molecule has 2 rings (SSSR count). The summed E-state index contributed by atoms with van der Waals surface area (Å²) in [6.45, 7) is 2.57. The lowest BCUT2D eigenvalue weighted by molar-refractivity contribution is -0.122. The van der Waals surface area contributed by atoms with Gasteiger partial charge >= 0.3 is 0 Å². The first-order valence-electron chi connectivity index (χ1n) is 6.28. The number of rotatable bonds is 4. The van der Waals surface area contributed by atoms with Gasteiger partial charge in [0, 0.05) is 6.42 Å². The highest BCUT2D eigenvalue weighted by Crippen LogP contribution is 2.30. The summed E-state index contributed by atoms with van der Waals surface area (Å²) < 4.78 is 0. The molecule has 2 unspecified atom stereocenters. The van der Waals surface area contributed by atoms with Crippen LogP contribution in [0.25, 0.3) is 0 Å². The zero-order chi connectivity index (χ0) is 12.3. The molecular weight excluding hydrogens is 212 g/mol. The predicted molar refractivity (Wildman–Crippen MR) is 68.5 cm³/mol. The molecule has 3 nitrogen and oxygen atoms in total. The van der Waals surface area contributed by atoms with Crippen LogP contribution in [0.5, 0.6) is 0 Å². The van der Waals surface area contributed by atoms with Crippen molar-refractivity contribution >= 4 is 5.91 Å². The van der Waals surface area contributed by atoms with Gasteiger partial charge in [-0.1, -0.05) is 31.2 Å². The topological polar surface area (TPSA) is 55.1 Å². The number of aryl methyl sites for hydroxylation is 1. The average Bonchev–Trinajstić information content (AvgIpc) is 2.72. The standard InChI is InChI=1S/C14H20N2O/c1-10(9-15)8-14(17)16-13-7-6-11-4-2-3-5-12(11)13/h2-5,10,13H,6-9,15H2,1H3,(H,16,17). The van der Waals surface area contributed by atoms with E-state index < -0.39 is 0 Å². The van der Waals surface area contributed by atoms with Crippen LogP contribution in [0.1, 0.15) is 36.9 Å². The second-order valence-corrected chi connectivity index (χ2v) is 4.90. The Morgan fingerprint density at radius 3 is 3.06 bits per heavy atom. The normalized spacial score (nSPS) is 19.8. The molecule has 0 heterocycles. The minimum Gasteiger partial charge on any atom is -0.349 e. The lowest BCUT2D eigenvalue weighted by Gasteiger charge is -2.15. The molecule has 0 fully saturated rings. The minimum atomic E-state index is 0.115. The molecule has 1 aliphatic rings. The first-order valence-corrected chi connectivity index (χ1v) is 6.28. The van der Waals surface area contributed by atoms with Gasteiger partial charge in [-0.05, 0) is 36.4 Å². The summed E-state index contributed by atoms with van der Waals surface area (Å²) >= 11 is 0. The molecule has 3 heteroatoms. The van der Waals surface area contributed by atoms with Gasteiger partial charge in [0.15, 0.2) is 0 Å². The van der Waals surface area contributed by atoms with Crippen LogP contribution in [-0.4, -0.2) is 12.5 Å². The fraction of sp³-hybridized carbons (Fsp3) is 0.500. The van der Waals surface area contributed by atoms with Gasteiger partial charge in [-0.3, -0.25) is 4.79 Å². The van der Waals surface area contributed by atoms with Crippen molar-refractivity contribution < 1.29 is 4.79 Å². The number of hydrogen-bond donors (Lipinski definition) is 2. The van der Waals surface area contributed by atoms with Crippen LogP contribution in [0.2, 0.25) is 0 Å². The van der Waals surface area contributed by atoms with Crippen molar-refractivity contribution in [1.82, 2.24) is 5.32 Å². The Hall–Kier alpha value is -1.35. The number of fused-ring (bicyclic) bond motifs is 1. The number of nitrogens with two attached hydrogens (primary N) is 1. The Morgan fingerprint density at radius 2 is 2.29 bits per heavy atom. The molecule has 3 N–H and O–H groups in total. The van der Waals surface area contributed by atoms with E-state index in [1.54, 1.807) is 0 Å². The van der Waals surface area contributed by atoms with Crippen molar-refractivity contribution in [3.8, 4) is 0 Å². The number of carbonyl (C=O) groups is 1. The van der Waals surface area contributed by atoms with E-state index in [-0.39, 0.29) is 17.9 Å². The van der Waals surface area contributed by atoms with E-state index in [9.17, 15) is 4.79 Å². The molecule has 17 heavy (non-hydrogen) atoms. The zero-order valence-electron chi connectivity index (χ0n) is 10.3. The van der Waals surface area contributed by atoms with Crippen LogP contribution in [0.15, 0.2) is 24.3 Å². The van der Waals surface area contributed by atoms with Crippen LogP contribution in [-0.2, 0) is 11.2 Å². The molecule has 0 saturated heterocycles. The van der Waals surface area contributed by atoms with Gasteiger partial charge in [-0.25, -0.2) is 0 Å². The summed E-state index contributed by atoms with van der Waals surface area (Å²) in [5, 5.41) is 3.11. The second-order valence-electron chi connectivity index (χ2n) is 4.90. The first kappa shape index (κ1) is 12.1. The highest BCUT2D eigenvalue weighted by molar-refractivity contribution is 5.76. The lowest BCUT2D eigenvalue weighted by atomic mass is 10.1. The molecule has 2 atom stereocenters. The number of carbonyl (C=O) groups excluding carboxylic acids is 1. The average molecular weight is 232 g/mol. The van der Waals surface area contributed by atoms with Gasteiger partial charge in [0.2, 0.25) is 5.91 Å². The fourth-order valence-electron chi connectivity index (χ4n) is 2.36. The molecule has 0 aromatic heterocycles. The Morgan fingerprint density at radius 1 is 1.53 bits per heavy atom. The van der Waals surface area contributed by atoms with E-state index in [1.807, 2.05) is 13.0 Å². The Kier molecular flexibility index (Phi) is 3.79. The van der Waals surface area contributed by atoms with Gasteiger partial charge in [0.25, 0.3) is 0 Å². The van der Waals surface area contributed by atoms with Gasteiger partial charge < -0.3 is 11.1 Å². The van der Waals surface area contributed by atoms with E-state index in [0.717, 1.165) is 12.8 Å². The number of amides is 1. The van der Waals surface area contributed by atoms with E-state index in [0.29, 0.717) is 13.0 Å². The van der Waals surface area contributed by atoms with Crippen molar-refractivity contribution in [3.63, 3.8) is 0 Å². The number of nitrogens with one attached hydrogen (secondary N) is 1. The SMILES string of the molecule is CC(CN)CC(=O)NC1CCc2ccccc21. The largest absolute Gasteiger partial charge is 0.349 e. The van der Waals surface area contributed by atoms with Crippen LogP contribution < -0.4 is 11.1 Å². The minimum absolute atomic E-state index is 0.115. The lowest BCUT2D eigenvalue weighted by Crippen LogP contribution is -2.29. The molecule has 92 valence electrons. The Bertz CT molecular complexity index is 403. The van der Waals surface area contributed by atoms with E-state index in [4.69, 9.17) is 5.73 Å². The van der Waals surface area contributed by atoms with Gasteiger partial charge in [-0.2, -0.15) is 0 Å². The fourth-order valence-corrected chi connectivity index (χ4v) is 2.36. The summed E-state index contributed by atoms with van der Waals surface area (Å²) in [7, 11) is 0. The summed E-state index contributed by atoms with van der Waals surface area (Å²) in [6.07, 6.45) is 2.60.